The summed E-state index contributed by atoms with van der Waals surface area (Å²) in [6.07, 6.45) is 0.895. The fourth-order valence-electron chi connectivity index (χ4n) is 4.99. The Morgan fingerprint density at radius 1 is 1.09 bits per heavy atom. The standard InChI is InChI=1S/C24H43N5O5/c1-24(2,3)16-21(30)28(10-9-26-11-13-34-14-12-26)19-15-20(29(17-19)22(31)18-33-4)23(32)27-7-5-25-6-8-27/h19-20,25H,5-18H2,1-4H3. The molecule has 3 saturated heterocycles. The first-order chi connectivity index (χ1) is 16.2. The third kappa shape index (κ3) is 7.37. The molecule has 10 heteroatoms. The number of amides is 3. The molecule has 10 nitrogen and oxygen atoms in total. The third-order valence-corrected chi connectivity index (χ3v) is 6.78. The molecule has 0 aromatic heterocycles. The minimum atomic E-state index is -0.556. The maximum absolute atomic E-state index is 13.5. The second-order valence-electron chi connectivity index (χ2n) is 10.7. The van der Waals surface area contributed by atoms with E-state index >= 15 is 0 Å². The lowest BCUT2D eigenvalue weighted by atomic mass is 9.91. The van der Waals surface area contributed by atoms with E-state index in [1.807, 2.05) is 9.80 Å². The lowest BCUT2D eigenvalue weighted by Gasteiger charge is -2.34. The molecule has 3 amide bonds. The molecule has 3 heterocycles. The third-order valence-electron chi connectivity index (χ3n) is 6.78. The fourth-order valence-corrected chi connectivity index (χ4v) is 4.99. The Morgan fingerprint density at radius 2 is 1.76 bits per heavy atom. The number of rotatable bonds is 8. The fraction of sp³-hybridized carbons (Fsp3) is 0.875. The summed E-state index contributed by atoms with van der Waals surface area (Å²) in [5, 5.41) is 3.27. The first-order valence-electron chi connectivity index (χ1n) is 12.6. The minimum absolute atomic E-state index is 0.0233. The zero-order chi connectivity index (χ0) is 24.7. The summed E-state index contributed by atoms with van der Waals surface area (Å²) in [6.45, 7) is 13.7. The molecule has 3 rings (SSSR count). The SMILES string of the molecule is COCC(=O)N1CC(N(CCN2CCOCC2)C(=O)CC(C)(C)C)CC1C(=O)N1CCNCC1. The second kappa shape index (κ2) is 12.3. The molecular weight excluding hydrogens is 438 g/mol. The van der Waals surface area contributed by atoms with Crippen LogP contribution in [0.5, 0.6) is 0 Å². The van der Waals surface area contributed by atoms with E-state index in [0.29, 0.717) is 52.2 Å². The highest BCUT2D eigenvalue weighted by atomic mass is 16.5. The summed E-state index contributed by atoms with van der Waals surface area (Å²) < 4.78 is 10.6. The monoisotopic (exact) mass is 481 g/mol. The van der Waals surface area contributed by atoms with Gasteiger partial charge >= 0.3 is 0 Å². The predicted molar refractivity (Wildman–Crippen MR) is 128 cm³/mol. The highest BCUT2D eigenvalue weighted by Gasteiger charge is 2.44. The number of piperazine rings is 1. The van der Waals surface area contributed by atoms with Crippen LogP contribution in [-0.4, -0.2) is 135 Å². The molecule has 0 saturated carbocycles. The van der Waals surface area contributed by atoms with Crippen LogP contribution in [0.2, 0.25) is 0 Å². The first-order valence-corrected chi connectivity index (χ1v) is 12.6. The average Bonchev–Trinajstić information content (AvgIpc) is 3.24. The number of morpholine rings is 1. The molecule has 3 fully saturated rings. The summed E-state index contributed by atoms with van der Waals surface area (Å²) in [5.41, 5.74) is -0.144. The molecule has 0 aromatic rings. The molecule has 0 radical (unpaired) electrons. The van der Waals surface area contributed by atoms with Gasteiger partial charge in [-0.25, -0.2) is 0 Å². The van der Waals surface area contributed by atoms with Crippen molar-refractivity contribution < 1.29 is 23.9 Å². The van der Waals surface area contributed by atoms with E-state index < -0.39 is 6.04 Å². The van der Waals surface area contributed by atoms with Crippen molar-refractivity contribution in [3.05, 3.63) is 0 Å². The van der Waals surface area contributed by atoms with Crippen LogP contribution in [0.4, 0.5) is 0 Å². The van der Waals surface area contributed by atoms with Crippen molar-refractivity contribution in [3.8, 4) is 0 Å². The van der Waals surface area contributed by atoms with E-state index in [9.17, 15) is 14.4 Å². The normalized spacial score (nSPS) is 24.4. The van der Waals surface area contributed by atoms with Crippen LogP contribution in [0.3, 0.4) is 0 Å². The maximum atomic E-state index is 13.5. The first kappa shape index (κ1) is 26.8. The number of nitrogens with one attached hydrogen (secondary N) is 1. The van der Waals surface area contributed by atoms with Gasteiger partial charge in [0.25, 0.3) is 0 Å². The van der Waals surface area contributed by atoms with Gasteiger partial charge in [0.2, 0.25) is 17.7 Å². The molecule has 2 unspecified atom stereocenters. The lowest BCUT2D eigenvalue weighted by Crippen LogP contribution is -2.53. The van der Waals surface area contributed by atoms with Crippen LogP contribution in [0.15, 0.2) is 0 Å². The smallest absolute Gasteiger partial charge is 0.249 e. The number of ether oxygens (including phenoxy) is 2. The van der Waals surface area contributed by atoms with E-state index in [1.54, 1.807) is 4.90 Å². The Morgan fingerprint density at radius 3 is 2.38 bits per heavy atom. The number of hydrogen-bond donors (Lipinski definition) is 1. The van der Waals surface area contributed by atoms with Crippen molar-refractivity contribution in [1.82, 2.24) is 24.9 Å². The van der Waals surface area contributed by atoms with E-state index in [2.05, 4.69) is 31.0 Å². The number of likely N-dealkylation sites (tertiary alicyclic amines) is 1. The van der Waals surface area contributed by atoms with E-state index in [4.69, 9.17) is 9.47 Å². The second-order valence-corrected chi connectivity index (χ2v) is 10.7. The molecule has 0 spiro atoms. The highest BCUT2D eigenvalue weighted by Crippen LogP contribution is 2.28. The highest BCUT2D eigenvalue weighted by molar-refractivity contribution is 5.89. The Kier molecular flexibility index (Phi) is 9.70. The number of nitrogens with zero attached hydrogens (tertiary/aromatic N) is 4. The van der Waals surface area contributed by atoms with Gasteiger partial charge in [0.05, 0.1) is 19.3 Å². The molecule has 2 atom stereocenters. The van der Waals surface area contributed by atoms with Crippen LogP contribution in [0.25, 0.3) is 0 Å². The molecular formula is C24H43N5O5. The largest absolute Gasteiger partial charge is 0.379 e. The van der Waals surface area contributed by atoms with Gasteiger partial charge in [-0.2, -0.15) is 0 Å². The van der Waals surface area contributed by atoms with Crippen molar-refractivity contribution in [3.63, 3.8) is 0 Å². The summed E-state index contributed by atoms with van der Waals surface area (Å²) in [7, 11) is 1.49. The van der Waals surface area contributed by atoms with Gasteiger partial charge in [-0.1, -0.05) is 20.8 Å². The minimum Gasteiger partial charge on any atom is -0.379 e. The van der Waals surface area contributed by atoms with Gasteiger partial charge < -0.3 is 29.5 Å². The average molecular weight is 482 g/mol. The quantitative estimate of drug-likeness (QED) is 0.506. The van der Waals surface area contributed by atoms with Crippen molar-refractivity contribution in [2.45, 2.75) is 45.7 Å². The van der Waals surface area contributed by atoms with Gasteiger partial charge in [0.1, 0.15) is 12.6 Å². The zero-order valence-corrected chi connectivity index (χ0v) is 21.4. The Hall–Kier alpha value is -1.75. The topological polar surface area (TPSA) is 94.7 Å². The van der Waals surface area contributed by atoms with Gasteiger partial charge in [-0.15, -0.1) is 0 Å². The maximum Gasteiger partial charge on any atom is 0.249 e. The Balaban J connectivity index is 1.77. The van der Waals surface area contributed by atoms with Crippen molar-refractivity contribution in [1.29, 1.82) is 0 Å². The number of carbonyl (C=O) groups is 3. The van der Waals surface area contributed by atoms with Crippen molar-refractivity contribution in [2.24, 2.45) is 5.41 Å². The molecule has 1 N–H and O–H groups in total. The molecule has 0 bridgehead atoms. The van der Waals surface area contributed by atoms with E-state index in [1.165, 1.54) is 7.11 Å². The molecule has 0 aliphatic carbocycles. The Bertz CT molecular complexity index is 700. The van der Waals surface area contributed by atoms with Gasteiger partial charge in [-0.3, -0.25) is 19.3 Å². The molecule has 3 aliphatic heterocycles. The number of hydrogen-bond acceptors (Lipinski definition) is 7. The zero-order valence-electron chi connectivity index (χ0n) is 21.4. The summed E-state index contributed by atoms with van der Waals surface area (Å²) >= 11 is 0. The van der Waals surface area contributed by atoms with Crippen LogP contribution in [-0.2, 0) is 23.9 Å². The number of methoxy groups -OCH3 is 1. The predicted octanol–water partition coefficient (Wildman–Crippen LogP) is -0.369. The molecule has 34 heavy (non-hydrogen) atoms. The summed E-state index contributed by atoms with van der Waals surface area (Å²) in [6, 6.07) is -0.743. The number of carbonyl (C=O) groups excluding carboxylic acids is 3. The van der Waals surface area contributed by atoms with E-state index in [0.717, 1.165) is 32.7 Å². The lowest BCUT2D eigenvalue weighted by molar-refractivity contribution is -0.146. The van der Waals surface area contributed by atoms with Gasteiger partial charge in [0, 0.05) is 72.4 Å². The summed E-state index contributed by atoms with van der Waals surface area (Å²) in [5.74, 6) is -0.139. The van der Waals surface area contributed by atoms with Crippen LogP contribution < -0.4 is 5.32 Å². The van der Waals surface area contributed by atoms with Crippen LogP contribution in [0.1, 0.15) is 33.6 Å². The van der Waals surface area contributed by atoms with Crippen molar-refractivity contribution >= 4 is 17.7 Å². The van der Waals surface area contributed by atoms with E-state index in [-0.39, 0.29) is 35.8 Å². The van der Waals surface area contributed by atoms with Crippen LogP contribution >= 0.6 is 0 Å². The molecule has 3 aliphatic rings. The van der Waals surface area contributed by atoms with Gasteiger partial charge in [0.15, 0.2) is 0 Å². The summed E-state index contributed by atoms with van der Waals surface area (Å²) in [4.78, 5) is 47.5. The van der Waals surface area contributed by atoms with Gasteiger partial charge in [-0.05, 0) is 11.8 Å². The van der Waals surface area contributed by atoms with Crippen molar-refractivity contribution in [2.75, 3.05) is 85.8 Å². The van der Waals surface area contributed by atoms with Crippen LogP contribution in [0, 0.1) is 5.41 Å². The Labute approximate surface area is 203 Å². The molecule has 194 valence electrons. The molecule has 0 aromatic carbocycles.